The third-order valence-corrected chi connectivity index (χ3v) is 2.03. The van der Waals surface area contributed by atoms with Gasteiger partial charge in [0.15, 0.2) is 0 Å². The van der Waals surface area contributed by atoms with Gasteiger partial charge in [-0.25, -0.2) is 0 Å². The van der Waals surface area contributed by atoms with E-state index in [9.17, 15) is 0 Å². The van der Waals surface area contributed by atoms with E-state index in [1.54, 1.807) is 0 Å². The fraction of sp³-hybridized carbons (Fsp3) is 0.385. The van der Waals surface area contributed by atoms with Gasteiger partial charge < -0.3 is 0 Å². The Labute approximate surface area is 81.3 Å². The van der Waals surface area contributed by atoms with Gasteiger partial charge in [0.25, 0.3) is 0 Å². The highest BCUT2D eigenvalue weighted by Gasteiger charge is 1.83. The summed E-state index contributed by atoms with van der Waals surface area (Å²) >= 11 is 0. The van der Waals surface area contributed by atoms with Crippen molar-refractivity contribution in [1.82, 2.24) is 0 Å². The van der Waals surface area contributed by atoms with Crippen LogP contribution in [-0.2, 0) is 0 Å². The van der Waals surface area contributed by atoms with Gasteiger partial charge in [0.1, 0.15) is 0 Å². The molecule has 0 aliphatic carbocycles. The van der Waals surface area contributed by atoms with Crippen LogP contribution >= 0.6 is 0 Å². The molecule has 0 nitrogen and oxygen atoms in total. The average Bonchev–Trinajstić information content (AvgIpc) is 2.19. The molecule has 0 bridgehead atoms. The van der Waals surface area contributed by atoms with Gasteiger partial charge in [-0.3, -0.25) is 0 Å². The first kappa shape index (κ1) is 10.0. The van der Waals surface area contributed by atoms with Crippen molar-refractivity contribution in [3.63, 3.8) is 0 Å². The van der Waals surface area contributed by atoms with Crippen LogP contribution in [0.5, 0.6) is 0 Å². The maximum atomic E-state index is 3.01. The largest absolute Gasteiger partial charge is 0.0839 e. The smallest absolute Gasteiger partial charge is 0.0184 e. The Kier molecular flexibility index (Phi) is 5.00. The summed E-state index contributed by atoms with van der Waals surface area (Å²) in [5, 5.41) is 0. The number of allylic oxidation sites excluding steroid dienone is 1. The molecule has 0 spiro atoms. The lowest BCUT2D eigenvalue weighted by molar-refractivity contribution is 0.730. The van der Waals surface area contributed by atoms with Gasteiger partial charge in [-0.15, -0.1) is 0 Å². The molecule has 0 aromatic heterocycles. The molecule has 0 atom stereocenters. The second kappa shape index (κ2) is 6.47. The van der Waals surface area contributed by atoms with E-state index in [1.807, 2.05) is 12.1 Å². The molecule has 0 saturated heterocycles. The molecule has 0 aliphatic rings. The second-order valence-electron chi connectivity index (χ2n) is 3.23. The molecule has 0 heteroatoms. The molecule has 0 heterocycles. The van der Waals surface area contributed by atoms with E-state index >= 15 is 0 Å². The van der Waals surface area contributed by atoms with Gasteiger partial charge in [0, 0.05) is 0 Å². The zero-order valence-corrected chi connectivity index (χ0v) is 8.29. The fourth-order valence-electron chi connectivity index (χ4n) is 1.24. The van der Waals surface area contributed by atoms with Crippen LogP contribution < -0.4 is 0 Å². The van der Waals surface area contributed by atoms with Gasteiger partial charge in [0.05, 0.1) is 0 Å². The molecule has 0 unspecified atom stereocenters. The first-order chi connectivity index (χ1) is 6.43. The minimum atomic E-state index is 1.20. The molecular formula is C13H17. The van der Waals surface area contributed by atoms with E-state index in [4.69, 9.17) is 0 Å². The molecule has 1 aromatic rings. The molecule has 0 N–H and O–H groups in total. The van der Waals surface area contributed by atoms with Crippen LogP contribution in [0.15, 0.2) is 30.3 Å². The zero-order valence-electron chi connectivity index (χ0n) is 8.29. The van der Waals surface area contributed by atoms with Crippen molar-refractivity contribution >= 4 is 6.08 Å². The monoisotopic (exact) mass is 173 g/mol. The van der Waals surface area contributed by atoms with E-state index in [1.165, 1.54) is 31.2 Å². The number of unbranched alkanes of at least 4 members (excludes halogenated alkanes) is 3. The first-order valence-electron chi connectivity index (χ1n) is 5.06. The Bertz CT molecular complexity index is 233. The van der Waals surface area contributed by atoms with Crippen LogP contribution in [0.2, 0.25) is 0 Å². The molecule has 1 rings (SSSR count). The van der Waals surface area contributed by atoms with Crippen LogP contribution in [-0.4, -0.2) is 0 Å². The molecule has 13 heavy (non-hydrogen) atoms. The standard InChI is InChI=1S/C13H17/c1-2-3-4-5-7-10-13-11-8-6-9-12-13/h7-12H,2-5H2,1H3/b10-7+. The quantitative estimate of drug-likeness (QED) is 0.588. The number of hydrogen-bond donors (Lipinski definition) is 0. The number of rotatable bonds is 5. The topological polar surface area (TPSA) is 0 Å². The predicted octanol–water partition coefficient (Wildman–Crippen LogP) is 4.08. The second-order valence-corrected chi connectivity index (χ2v) is 3.23. The average molecular weight is 173 g/mol. The fourth-order valence-corrected chi connectivity index (χ4v) is 1.24. The van der Waals surface area contributed by atoms with Crippen LogP contribution in [0, 0.1) is 6.07 Å². The Balaban J connectivity index is 2.25. The lowest BCUT2D eigenvalue weighted by Crippen LogP contribution is -1.72. The minimum absolute atomic E-state index is 1.20. The minimum Gasteiger partial charge on any atom is -0.0839 e. The predicted molar refractivity (Wildman–Crippen MR) is 58.5 cm³/mol. The summed E-state index contributed by atoms with van der Waals surface area (Å²) < 4.78 is 0. The van der Waals surface area contributed by atoms with Crippen molar-refractivity contribution in [2.24, 2.45) is 0 Å². The molecule has 0 aliphatic heterocycles. The van der Waals surface area contributed by atoms with E-state index in [0.717, 1.165) is 0 Å². The van der Waals surface area contributed by atoms with Crippen molar-refractivity contribution in [3.05, 3.63) is 42.0 Å². The first-order valence-corrected chi connectivity index (χ1v) is 5.06. The Hall–Kier alpha value is -1.04. The maximum absolute atomic E-state index is 3.01. The molecule has 0 amide bonds. The van der Waals surface area contributed by atoms with Gasteiger partial charge >= 0.3 is 0 Å². The highest BCUT2D eigenvalue weighted by atomic mass is 13.9. The van der Waals surface area contributed by atoms with E-state index in [2.05, 4.69) is 37.3 Å². The van der Waals surface area contributed by atoms with Crippen molar-refractivity contribution in [1.29, 1.82) is 0 Å². The van der Waals surface area contributed by atoms with Crippen LogP contribution in [0.25, 0.3) is 6.08 Å². The Morgan fingerprint density at radius 1 is 1.23 bits per heavy atom. The van der Waals surface area contributed by atoms with Gasteiger partial charge in [-0.2, -0.15) is 0 Å². The van der Waals surface area contributed by atoms with Crippen molar-refractivity contribution < 1.29 is 0 Å². The van der Waals surface area contributed by atoms with Crippen molar-refractivity contribution in [3.8, 4) is 0 Å². The van der Waals surface area contributed by atoms with E-state index < -0.39 is 0 Å². The van der Waals surface area contributed by atoms with Crippen molar-refractivity contribution in [2.75, 3.05) is 0 Å². The summed E-state index contributed by atoms with van der Waals surface area (Å²) in [7, 11) is 0. The molecular weight excluding hydrogens is 156 g/mol. The molecule has 69 valence electrons. The summed E-state index contributed by atoms with van der Waals surface area (Å²) in [4.78, 5) is 0. The maximum Gasteiger partial charge on any atom is -0.0184 e. The summed E-state index contributed by atoms with van der Waals surface area (Å²) in [5.74, 6) is 0. The normalized spacial score (nSPS) is 10.8. The third kappa shape index (κ3) is 4.51. The van der Waals surface area contributed by atoms with Crippen LogP contribution in [0.1, 0.15) is 38.2 Å². The van der Waals surface area contributed by atoms with Crippen LogP contribution in [0.3, 0.4) is 0 Å². The van der Waals surface area contributed by atoms with Crippen molar-refractivity contribution in [2.45, 2.75) is 32.6 Å². The Morgan fingerprint density at radius 2 is 2.00 bits per heavy atom. The molecule has 0 saturated carbocycles. The van der Waals surface area contributed by atoms with E-state index in [-0.39, 0.29) is 0 Å². The molecule has 1 aromatic carbocycles. The van der Waals surface area contributed by atoms with Gasteiger partial charge in [0.2, 0.25) is 0 Å². The lowest BCUT2D eigenvalue weighted by atomic mass is 10.1. The lowest BCUT2D eigenvalue weighted by Gasteiger charge is -1.92. The SMILES string of the molecule is CCCCC/C=C/c1cc[c]cc1. The van der Waals surface area contributed by atoms with Gasteiger partial charge in [-0.05, 0) is 24.5 Å². The highest BCUT2D eigenvalue weighted by molar-refractivity contribution is 5.48. The number of benzene rings is 1. The summed E-state index contributed by atoms with van der Waals surface area (Å²) in [6.07, 6.45) is 9.59. The Morgan fingerprint density at radius 3 is 2.69 bits per heavy atom. The van der Waals surface area contributed by atoms with E-state index in [0.29, 0.717) is 0 Å². The molecule has 0 fully saturated rings. The summed E-state index contributed by atoms with van der Waals surface area (Å²) in [6.45, 7) is 2.23. The van der Waals surface area contributed by atoms with Gasteiger partial charge in [-0.1, -0.05) is 56.2 Å². The third-order valence-electron chi connectivity index (χ3n) is 2.03. The number of hydrogen-bond acceptors (Lipinski definition) is 0. The summed E-state index contributed by atoms with van der Waals surface area (Å²) in [6, 6.07) is 11.1. The molecule has 1 radical (unpaired) electrons. The zero-order chi connectivity index (χ0) is 9.36. The highest BCUT2D eigenvalue weighted by Crippen LogP contribution is 2.04. The summed E-state index contributed by atoms with van der Waals surface area (Å²) in [5.41, 5.74) is 1.27. The van der Waals surface area contributed by atoms with Crippen LogP contribution in [0.4, 0.5) is 0 Å².